The van der Waals surface area contributed by atoms with Gasteiger partial charge >= 0.3 is 5.97 Å². The van der Waals surface area contributed by atoms with Gasteiger partial charge in [-0.2, -0.15) is 0 Å². The Morgan fingerprint density at radius 3 is 1.92 bits per heavy atom. The molecule has 148 valence electrons. The lowest BCUT2D eigenvalue weighted by Gasteiger charge is -2.55. The molecule has 0 bridgehead atoms. The third-order valence-electron chi connectivity index (χ3n) is 8.07. The van der Waals surface area contributed by atoms with E-state index >= 15 is 0 Å². The van der Waals surface area contributed by atoms with Crippen molar-refractivity contribution < 1.29 is 14.7 Å². The fourth-order valence-corrected chi connectivity index (χ4v) is 6.03. The van der Waals surface area contributed by atoms with E-state index in [9.17, 15) is 9.59 Å². The first kappa shape index (κ1) is 19.7. The maximum Gasteiger partial charge on any atom is 0.306 e. The van der Waals surface area contributed by atoms with Gasteiger partial charge in [0.1, 0.15) is 0 Å². The number of carbonyl (C=O) groups excluding carboxylic acids is 1. The zero-order chi connectivity index (χ0) is 19.1. The molecule has 0 aromatic heterocycles. The molecule has 3 atom stereocenters. The highest BCUT2D eigenvalue weighted by Gasteiger charge is 2.50. The molecule has 26 heavy (non-hydrogen) atoms. The highest BCUT2D eigenvalue weighted by Crippen LogP contribution is 2.58. The van der Waals surface area contributed by atoms with Gasteiger partial charge in [0.05, 0.1) is 5.92 Å². The second kappa shape index (κ2) is 7.16. The van der Waals surface area contributed by atoms with E-state index in [4.69, 9.17) is 5.11 Å². The molecular formula is C22H37NO3. The molecule has 4 heteroatoms. The summed E-state index contributed by atoms with van der Waals surface area (Å²) in [6.07, 6.45) is 8.76. The maximum atomic E-state index is 12.9. The van der Waals surface area contributed by atoms with Gasteiger partial charge in [0.25, 0.3) is 0 Å². The fourth-order valence-electron chi connectivity index (χ4n) is 6.03. The van der Waals surface area contributed by atoms with Crippen molar-refractivity contribution >= 4 is 11.9 Å². The van der Waals surface area contributed by atoms with Crippen LogP contribution in [-0.2, 0) is 9.59 Å². The van der Waals surface area contributed by atoms with Crippen molar-refractivity contribution in [1.29, 1.82) is 0 Å². The van der Waals surface area contributed by atoms with E-state index in [0.717, 1.165) is 31.6 Å². The normalized spacial score (nSPS) is 38.8. The Hall–Kier alpha value is -1.06. The van der Waals surface area contributed by atoms with Crippen LogP contribution in [0.3, 0.4) is 0 Å². The summed E-state index contributed by atoms with van der Waals surface area (Å²) in [5.41, 5.74) is 0.732. The van der Waals surface area contributed by atoms with Crippen molar-refractivity contribution in [3.8, 4) is 0 Å². The van der Waals surface area contributed by atoms with Gasteiger partial charge in [-0.25, -0.2) is 0 Å². The minimum Gasteiger partial charge on any atom is -0.481 e. The van der Waals surface area contributed by atoms with Crippen LogP contribution in [0.4, 0.5) is 0 Å². The predicted octanol–water partition coefficient (Wildman–Crippen LogP) is 4.62. The van der Waals surface area contributed by atoms with Crippen molar-refractivity contribution in [2.24, 2.45) is 34.5 Å². The summed E-state index contributed by atoms with van der Waals surface area (Å²) in [5, 5.41) is 12.4. The van der Waals surface area contributed by atoms with Gasteiger partial charge in [0.2, 0.25) is 5.91 Å². The third-order valence-corrected chi connectivity index (χ3v) is 8.07. The van der Waals surface area contributed by atoms with E-state index < -0.39 is 5.97 Å². The smallest absolute Gasteiger partial charge is 0.306 e. The molecule has 0 aromatic rings. The van der Waals surface area contributed by atoms with Crippen LogP contribution in [0.2, 0.25) is 0 Å². The number of hydrogen-bond donors (Lipinski definition) is 2. The Kier molecular flexibility index (Phi) is 5.43. The number of amides is 1. The number of fused-ring (bicyclic) bond motifs is 1. The summed E-state index contributed by atoms with van der Waals surface area (Å²) in [6, 6.07) is 0.173. The minimum absolute atomic E-state index is 0.140. The summed E-state index contributed by atoms with van der Waals surface area (Å²) in [5.74, 6) is 0.835. The van der Waals surface area contributed by atoms with E-state index in [1.54, 1.807) is 0 Å². The van der Waals surface area contributed by atoms with Crippen molar-refractivity contribution in [2.45, 2.75) is 91.5 Å². The molecular weight excluding hydrogens is 326 g/mol. The molecule has 1 amide bonds. The number of nitrogens with one attached hydrogen (secondary N) is 1. The second-order valence-corrected chi connectivity index (χ2v) is 10.6. The first-order chi connectivity index (χ1) is 12.1. The number of hydrogen-bond acceptors (Lipinski definition) is 2. The lowest BCUT2D eigenvalue weighted by atomic mass is 9.49. The molecule has 0 aromatic carbocycles. The Bertz CT molecular complexity index is 546. The summed E-state index contributed by atoms with van der Waals surface area (Å²) in [7, 11) is 0. The summed E-state index contributed by atoms with van der Waals surface area (Å²) in [4.78, 5) is 24.0. The van der Waals surface area contributed by atoms with Gasteiger partial charge < -0.3 is 10.4 Å². The molecule has 4 nitrogen and oxygen atoms in total. The van der Waals surface area contributed by atoms with Gasteiger partial charge in [0.15, 0.2) is 0 Å². The number of carbonyl (C=O) groups is 2. The van der Waals surface area contributed by atoms with Crippen molar-refractivity contribution in [1.82, 2.24) is 5.32 Å². The third kappa shape index (κ3) is 3.94. The van der Waals surface area contributed by atoms with E-state index in [0.29, 0.717) is 29.6 Å². The molecule has 3 aliphatic rings. The molecule has 0 saturated heterocycles. The summed E-state index contributed by atoms with van der Waals surface area (Å²) >= 11 is 0. The molecule has 3 fully saturated rings. The number of aliphatic carboxylic acids is 1. The molecule has 3 saturated carbocycles. The quantitative estimate of drug-likeness (QED) is 0.768. The topological polar surface area (TPSA) is 66.4 Å². The van der Waals surface area contributed by atoms with Crippen molar-refractivity contribution in [2.75, 3.05) is 0 Å². The van der Waals surface area contributed by atoms with Crippen LogP contribution in [0.5, 0.6) is 0 Å². The fraction of sp³-hybridized carbons (Fsp3) is 0.909. The predicted molar refractivity (Wildman–Crippen MR) is 103 cm³/mol. The van der Waals surface area contributed by atoms with Crippen LogP contribution in [0.15, 0.2) is 0 Å². The van der Waals surface area contributed by atoms with Gasteiger partial charge in [-0.05, 0) is 80.5 Å². The second-order valence-electron chi connectivity index (χ2n) is 10.6. The zero-order valence-corrected chi connectivity index (χ0v) is 17.0. The van der Waals surface area contributed by atoms with Crippen LogP contribution >= 0.6 is 0 Å². The lowest BCUT2D eigenvalue weighted by Crippen LogP contribution is -2.50. The van der Waals surface area contributed by atoms with Crippen molar-refractivity contribution in [3.05, 3.63) is 0 Å². The average molecular weight is 364 g/mol. The Labute approximate surface area is 158 Å². The zero-order valence-electron chi connectivity index (χ0n) is 17.0. The van der Waals surface area contributed by atoms with Crippen molar-refractivity contribution in [3.63, 3.8) is 0 Å². The monoisotopic (exact) mass is 363 g/mol. The van der Waals surface area contributed by atoms with Gasteiger partial charge in [-0.15, -0.1) is 0 Å². The molecule has 2 N–H and O–H groups in total. The largest absolute Gasteiger partial charge is 0.481 e. The van der Waals surface area contributed by atoms with E-state index in [2.05, 4.69) is 33.0 Å². The first-order valence-corrected chi connectivity index (χ1v) is 10.6. The van der Waals surface area contributed by atoms with Gasteiger partial charge in [-0.3, -0.25) is 9.59 Å². The molecule has 0 heterocycles. The standard InChI is InChI=1S/C22H37NO3/c1-21(2)11-12-22(3,4)18-13-15(7-10-17(18)21)19(24)23-16-8-5-14(6-9-16)20(25)26/h14-18H,5-13H2,1-4H3,(H,23,24)(H,25,26). The molecule has 3 unspecified atom stereocenters. The number of carboxylic acids is 1. The highest BCUT2D eigenvalue weighted by atomic mass is 16.4. The van der Waals surface area contributed by atoms with Crippen LogP contribution < -0.4 is 5.32 Å². The summed E-state index contributed by atoms with van der Waals surface area (Å²) < 4.78 is 0. The Morgan fingerprint density at radius 2 is 1.35 bits per heavy atom. The molecule has 3 aliphatic carbocycles. The lowest BCUT2D eigenvalue weighted by molar-refractivity contribution is -0.142. The van der Waals surface area contributed by atoms with E-state index in [-0.39, 0.29) is 23.8 Å². The summed E-state index contributed by atoms with van der Waals surface area (Å²) in [6.45, 7) is 9.63. The van der Waals surface area contributed by atoms with Crippen LogP contribution in [-0.4, -0.2) is 23.0 Å². The Balaban J connectivity index is 1.57. The first-order valence-electron chi connectivity index (χ1n) is 10.6. The van der Waals surface area contributed by atoms with Crippen LogP contribution in [0, 0.1) is 34.5 Å². The molecule has 0 radical (unpaired) electrons. The number of rotatable bonds is 3. The molecule has 0 aliphatic heterocycles. The molecule has 0 spiro atoms. The van der Waals surface area contributed by atoms with Crippen LogP contribution in [0.1, 0.15) is 85.5 Å². The van der Waals surface area contributed by atoms with Crippen LogP contribution in [0.25, 0.3) is 0 Å². The number of carboxylic acid groups (broad SMARTS) is 1. The van der Waals surface area contributed by atoms with Gasteiger partial charge in [-0.1, -0.05) is 27.7 Å². The van der Waals surface area contributed by atoms with E-state index in [1.807, 2.05) is 0 Å². The molecule has 3 rings (SSSR count). The maximum absolute atomic E-state index is 12.9. The SMILES string of the molecule is CC1(C)CCC(C)(C)C2CC(C(=O)NC3CCC(C(=O)O)CC3)CCC21. The Morgan fingerprint density at radius 1 is 0.808 bits per heavy atom. The van der Waals surface area contributed by atoms with Gasteiger partial charge in [0, 0.05) is 12.0 Å². The van der Waals surface area contributed by atoms with E-state index in [1.165, 1.54) is 19.3 Å². The average Bonchev–Trinajstić information content (AvgIpc) is 2.59. The minimum atomic E-state index is -0.685. The highest BCUT2D eigenvalue weighted by molar-refractivity contribution is 5.79.